The average molecular weight is 567 g/mol. The Morgan fingerprint density at radius 1 is 0.951 bits per heavy atom. The summed E-state index contributed by atoms with van der Waals surface area (Å²) >= 11 is 0. The SMILES string of the molecule is COc1ccc(C(C)(C)C)cc1CN[C@H]1[C@H](C(C)(C)C)[C@@H](C(=O)O)N(C(=O)[C@@H](OC)C(C)(C)C)[C@H]1c1ccccc1. The largest absolute Gasteiger partial charge is 0.496 e. The quantitative estimate of drug-likeness (QED) is 0.395. The van der Waals surface area contributed by atoms with Crippen molar-refractivity contribution in [3.8, 4) is 5.75 Å². The van der Waals surface area contributed by atoms with E-state index < -0.39 is 40.9 Å². The number of carbonyl (C=O) groups is 2. The van der Waals surface area contributed by atoms with Crippen molar-refractivity contribution in [1.29, 1.82) is 0 Å². The van der Waals surface area contributed by atoms with Gasteiger partial charge in [0, 0.05) is 31.2 Å². The van der Waals surface area contributed by atoms with Gasteiger partial charge >= 0.3 is 5.97 Å². The molecule has 0 radical (unpaired) electrons. The van der Waals surface area contributed by atoms with Crippen LogP contribution in [0.2, 0.25) is 0 Å². The van der Waals surface area contributed by atoms with Crippen molar-refractivity contribution >= 4 is 11.9 Å². The molecule has 0 aliphatic carbocycles. The first-order valence-corrected chi connectivity index (χ1v) is 14.5. The van der Waals surface area contributed by atoms with Gasteiger partial charge in [0.2, 0.25) is 0 Å². The normalized spacial score (nSPS) is 22.5. The number of hydrogen-bond donors (Lipinski definition) is 2. The zero-order chi connectivity index (χ0) is 30.9. The van der Waals surface area contributed by atoms with Gasteiger partial charge in [-0.3, -0.25) is 4.79 Å². The van der Waals surface area contributed by atoms with Crippen molar-refractivity contribution in [2.75, 3.05) is 14.2 Å². The van der Waals surface area contributed by atoms with Crippen LogP contribution in [-0.2, 0) is 26.3 Å². The van der Waals surface area contributed by atoms with Crippen molar-refractivity contribution in [2.45, 2.75) is 98.5 Å². The van der Waals surface area contributed by atoms with Crippen LogP contribution in [0.3, 0.4) is 0 Å². The number of carbonyl (C=O) groups excluding carboxylic acids is 1. The van der Waals surface area contributed by atoms with Gasteiger partial charge in [0.1, 0.15) is 17.9 Å². The van der Waals surface area contributed by atoms with E-state index >= 15 is 0 Å². The van der Waals surface area contributed by atoms with Crippen LogP contribution in [-0.4, -0.2) is 54.3 Å². The molecule has 2 N–H and O–H groups in total. The molecule has 2 aromatic carbocycles. The Labute approximate surface area is 246 Å². The van der Waals surface area contributed by atoms with Gasteiger partial charge in [0.05, 0.1) is 13.2 Å². The number of carboxylic acid groups (broad SMARTS) is 1. The lowest BCUT2D eigenvalue weighted by Crippen LogP contribution is -2.53. The maximum Gasteiger partial charge on any atom is 0.326 e. The number of methoxy groups -OCH3 is 2. The molecule has 0 spiro atoms. The standard InChI is InChI=1S/C34H50N2O5/c1-32(2,3)23-17-18-24(40-10)22(19-23)20-35-26-25(33(4,5)6)28(31(38)39)36(27(26)21-15-13-12-14-16-21)30(37)29(41-11)34(7,8)9/h12-19,25-29,35H,20H2,1-11H3,(H,38,39)/t25-,26-,27-,28-,29+/m0/s1. The van der Waals surface area contributed by atoms with Crippen LogP contribution in [0.1, 0.15) is 85.0 Å². The van der Waals surface area contributed by atoms with Gasteiger partial charge < -0.3 is 24.8 Å². The number of ether oxygens (including phenoxy) is 2. The van der Waals surface area contributed by atoms with E-state index in [0.717, 1.165) is 16.9 Å². The first-order chi connectivity index (χ1) is 18.9. The van der Waals surface area contributed by atoms with E-state index in [4.69, 9.17) is 9.47 Å². The number of likely N-dealkylation sites (tertiary alicyclic amines) is 1. The van der Waals surface area contributed by atoms with Crippen LogP contribution in [0, 0.1) is 16.7 Å². The molecule has 7 heteroatoms. The molecule has 226 valence electrons. The molecule has 1 amide bonds. The van der Waals surface area contributed by atoms with E-state index in [1.165, 1.54) is 12.7 Å². The average Bonchev–Trinajstić information content (AvgIpc) is 3.23. The molecule has 5 atom stereocenters. The van der Waals surface area contributed by atoms with Crippen molar-refractivity contribution in [3.05, 3.63) is 65.2 Å². The van der Waals surface area contributed by atoms with Crippen molar-refractivity contribution < 1.29 is 24.2 Å². The fourth-order valence-corrected chi connectivity index (χ4v) is 6.30. The molecule has 7 nitrogen and oxygen atoms in total. The number of nitrogens with one attached hydrogen (secondary N) is 1. The number of aliphatic carboxylic acids is 1. The van der Waals surface area contributed by atoms with Gasteiger partial charge in [-0.15, -0.1) is 0 Å². The number of rotatable bonds is 8. The summed E-state index contributed by atoms with van der Waals surface area (Å²) in [5.74, 6) is -0.961. The zero-order valence-corrected chi connectivity index (χ0v) is 26.7. The lowest BCUT2D eigenvalue weighted by Gasteiger charge is -2.37. The first-order valence-electron chi connectivity index (χ1n) is 14.5. The summed E-state index contributed by atoms with van der Waals surface area (Å²) in [5.41, 5.74) is 2.04. The summed E-state index contributed by atoms with van der Waals surface area (Å²) in [6.07, 6.45) is -0.807. The minimum Gasteiger partial charge on any atom is -0.496 e. The first kappa shape index (κ1) is 32.6. The molecule has 3 rings (SSSR count). The molecular weight excluding hydrogens is 516 g/mol. The Balaban J connectivity index is 2.20. The van der Waals surface area contributed by atoms with Gasteiger partial charge in [0.15, 0.2) is 0 Å². The lowest BCUT2D eigenvalue weighted by atomic mass is 9.72. The number of amides is 1. The van der Waals surface area contributed by atoms with E-state index in [1.807, 2.05) is 57.2 Å². The highest BCUT2D eigenvalue weighted by molar-refractivity contribution is 5.88. The highest BCUT2D eigenvalue weighted by Crippen LogP contribution is 2.49. The van der Waals surface area contributed by atoms with Crippen LogP contribution in [0.4, 0.5) is 0 Å². The van der Waals surface area contributed by atoms with Crippen molar-refractivity contribution in [2.24, 2.45) is 16.7 Å². The summed E-state index contributed by atoms with van der Waals surface area (Å²) in [7, 11) is 3.18. The summed E-state index contributed by atoms with van der Waals surface area (Å²) in [6.45, 7) is 18.9. The Bertz CT molecular complexity index is 1210. The monoisotopic (exact) mass is 566 g/mol. The number of nitrogens with zero attached hydrogens (tertiary/aromatic N) is 1. The van der Waals surface area contributed by atoms with E-state index in [1.54, 1.807) is 12.0 Å². The van der Waals surface area contributed by atoms with E-state index in [2.05, 4.69) is 59.0 Å². The second kappa shape index (κ2) is 12.1. The molecule has 1 fully saturated rings. The minimum atomic E-state index is -1.05. The Kier molecular flexibility index (Phi) is 9.66. The third-order valence-corrected chi connectivity index (χ3v) is 8.24. The number of hydrogen-bond acceptors (Lipinski definition) is 5. The molecule has 41 heavy (non-hydrogen) atoms. The van der Waals surface area contributed by atoms with E-state index in [0.29, 0.717) is 6.54 Å². The lowest BCUT2D eigenvalue weighted by molar-refractivity contribution is -0.161. The molecule has 1 aliphatic rings. The summed E-state index contributed by atoms with van der Waals surface area (Å²) in [5, 5.41) is 14.5. The van der Waals surface area contributed by atoms with Crippen LogP contribution >= 0.6 is 0 Å². The van der Waals surface area contributed by atoms with E-state index in [-0.39, 0.29) is 17.4 Å². The predicted molar refractivity (Wildman–Crippen MR) is 163 cm³/mol. The molecule has 1 aliphatic heterocycles. The molecule has 0 aromatic heterocycles. The maximum atomic E-state index is 14.4. The molecule has 1 saturated heterocycles. The van der Waals surface area contributed by atoms with Gasteiger partial charge in [-0.25, -0.2) is 4.79 Å². The topological polar surface area (TPSA) is 88.1 Å². The number of benzene rings is 2. The predicted octanol–water partition coefficient (Wildman–Crippen LogP) is 6.21. The van der Waals surface area contributed by atoms with Crippen LogP contribution in [0.5, 0.6) is 5.75 Å². The fourth-order valence-electron chi connectivity index (χ4n) is 6.30. The maximum absolute atomic E-state index is 14.4. The molecule has 0 bridgehead atoms. The molecule has 0 saturated carbocycles. The summed E-state index contributed by atoms with van der Waals surface area (Å²) < 4.78 is 11.5. The molecular formula is C34H50N2O5. The third kappa shape index (κ3) is 6.95. The van der Waals surface area contributed by atoms with Gasteiger partial charge in [-0.2, -0.15) is 0 Å². The number of carboxylic acids is 1. The second-order valence-electron chi connectivity index (χ2n) is 14.4. The van der Waals surface area contributed by atoms with Gasteiger partial charge in [-0.05, 0) is 33.4 Å². The Hall–Kier alpha value is -2.90. The highest BCUT2D eigenvalue weighted by Gasteiger charge is 2.59. The second-order valence-corrected chi connectivity index (χ2v) is 14.4. The molecule has 0 unspecified atom stereocenters. The minimum absolute atomic E-state index is 0.0470. The Morgan fingerprint density at radius 2 is 1.56 bits per heavy atom. The smallest absolute Gasteiger partial charge is 0.326 e. The van der Waals surface area contributed by atoms with Crippen molar-refractivity contribution in [3.63, 3.8) is 0 Å². The fraction of sp³-hybridized carbons (Fsp3) is 0.588. The van der Waals surface area contributed by atoms with Crippen LogP contribution in [0.15, 0.2) is 48.5 Å². The summed E-state index contributed by atoms with van der Waals surface area (Å²) in [4.78, 5) is 29.1. The molecule has 1 heterocycles. The third-order valence-electron chi connectivity index (χ3n) is 8.24. The van der Waals surface area contributed by atoms with Crippen LogP contribution in [0.25, 0.3) is 0 Å². The zero-order valence-electron chi connectivity index (χ0n) is 26.7. The van der Waals surface area contributed by atoms with Gasteiger partial charge in [0.25, 0.3) is 5.91 Å². The molecule has 2 aromatic rings. The Morgan fingerprint density at radius 3 is 2.02 bits per heavy atom. The highest BCUT2D eigenvalue weighted by atomic mass is 16.5. The van der Waals surface area contributed by atoms with Gasteiger partial charge in [-0.1, -0.05) is 105 Å². The van der Waals surface area contributed by atoms with E-state index in [9.17, 15) is 14.7 Å². The summed E-state index contributed by atoms with van der Waals surface area (Å²) in [6, 6.07) is 14.0. The van der Waals surface area contributed by atoms with Crippen molar-refractivity contribution in [1.82, 2.24) is 10.2 Å². The van der Waals surface area contributed by atoms with Crippen LogP contribution < -0.4 is 10.1 Å².